The Bertz CT molecular complexity index is 22.0. The van der Waals surface area contributed by atoms with Gasteiger partial charge in [0.05, 0.1) is 0 Å². The van der Waals surface area contributed by atoms with Crippen LogP contribution in [0.15, 0.2) is 0 Å². The number of halogens is 6. The first kappa shape index (κ1) is 15.9. The highest BCUT2D eigenvalue weighted by Gasteiger charge is 1.95. The molecule has 0 nitrogen and oxygen atoms in total. The van der Waals surface area contributed by atoms with Crippen molar-refractivity contribution in [1.82, 2.24) is 0 Å². The molecule has 0 N–H and O–H groups in total. The van der Waals surface area contributed by atoms with Gasteiger partial charge in [0.2, 0.25) is 0 Å². The molecule has 0 aliphatic carbocycles. The summed E-state index contributed by atoms with van der Waals surface area (Å²) in [7, 11) is 0. The van der Waals surface area contributed by atoms with Crippen LogP contribution >= 0.6 is 122 Å². The molecule has 0 spiro atoms. The molecule has 0 aromatic carbocycles. The molecular formula is Al2I6. The zero-order valence-corrected chi connectivity index (χ0v) is 18.7. The first-order valence-corrected chi connectivity index (χ1v) is 26.3. The first-order chi connectivity index (χ1) is 3.46. The van der Waals surface area contributed by atoms with Crippen LogP contribution in [0.4, 0.5) is 0 Å². The Morgan fingerprint density at radius 1 is 0.500 bits per heavy atom. The molecule has 0 amide bonds. The van der Waals surface area contributed by atoms with Crippen LogP contribution in [0.1, 0.15) is 0 Å². The maximum absolute atomic E-state index is 2.46. The zero-order valence-electron chi connectivity index (χ0n) is 3.42. The van der Waals surface area contributed by atoms with Crippen molar-refractivity contribution in [3.63, 3.8) is 0 Å². The topological polar surface area (TPSA) is 0 Å². The molecule has 0 fully saturated rings. The number of hydrogen-bond donors (Lipinski definition) is 0. The van der Waals surface area contributed by atoms with Crippen molar-refractivity contribution in [2.24, 2.45) is 0 Å². The fraction of sp³-hybridized carbons (Fsp3) is 0. The van der Waals surface area contributed by atoms with Crippen LogP contribution < -0.4 is 0 Å². The molecule has 0 aliphatic heterocycles. The molecule has 0 heterocycles. The molecule has 0 saturated heterocycles. The fourth-order valence-electron chi connectivity index (χ4n) is 0. The van der Waals surface area contributed by atoms with Crippen LogP contribution in [-0.4, -0.2) is 8.60 Å². The summed E-state index contributed by atoms with van der Waals surface area (Å²) in [6, 6.07) is 0. The number of rotatable bonds is 0. The van der Waals surface area contributed by atoms with Crippen LogP contribution in [0.5, 0.6) is 0 Å². The predicted octanol–water partition coefficient (Wildman–Crippen LogP) is 4.55. The Labute approximate surface area is 126 Å². The normalized spacial score (nSPS) is 6.75. The maximum Gasteiger partial charge on any atom is 0.524 e. The van der Waals surface area contributed by atoms with Crippen molar-refractivity contribution in [3.8, 4) is 0 Å². The Morgan fingerprint density at radius 2 is 0.500 bits per heavy atom. The highest BCUT2D eigenvalue weighted by molar-refractivity contribution is 14.4. The Balaban J connectivity index is 0. The van der Waals surface area contributed by atoms with Crippen LogP contribution in [0, 0.1) is 0 Å². The Kier molecular flexibility index (Phi) is 24.7. The van der Waals surface area contributed by atoms with E-state index < -0.39 is 0 Å². The summed E-state index contributed by atoms with van der Waals surface area (Å²) < 4.78 is -0.458. The van der Waals surface area contributed by atoms with Crippen LogP contribution in [0.2, 0.25) is 0 Å². The predicted molar refractivity (Wildman–Crippen MR) is 95.6 cm³/mol. The third-order valence-electron chi connectivity index (χ3n) is 0. The minimum absolute atomic E-state index is 0.229. The molecule has 0 unspecified atom stereocenters. The Hall–Kier alpha value is 5.44. The molecule has 0 rings (SSSR count). The average molecular weight is 815 g/mol. The minimum atomic E-state index is -0.229. The summed E-state index contributed by atoms with van der Waals surface area (Å²) in [5.74, 6) is 0. The second-order valence-electron chi connectivity index (χ2n) is 0.495. The van der Waals surface area contributed by atoms with Gasteiger partial charge in [-0.25, -0.2) is 0 Å². The molecule has 0 aromatic heterocycles. The van der Waals surface area contributed by atoms with Gasteiger partial charge < -0.3 is 0 Å². The molecule has 0 saturated carbocycles. The van der Waals surface area contributed by atoms with Gasteiger partial charge in [-0.2, -0.15) is 122 Å². The minimum Gasteiger partial charge on any atom is -0.175 e. The SMILES string of the molecule is [I][Al]([I])[I].[I][Al]([I])[I]. The van der Waals surface area contributed by atoms with Crippen molar-refractivity contribution in [2.75, 3.05) is 0 Å². The second-order valence-corrected chi connectivity index (χ2v) is 66.8. The van der Waals surface area contributed by atoms with E-state index in [2.05, 4.69) is 122 Å². The molecular weight excluding hydrogens is 815 g/mol. The fourth-order valence-corrected chi connectivity index (χ4v) is 0. The van der Waals surface area contributed by atoms with Gasteiger partial charge in [0.1, 0.15) is 0 Å². The lowest BCUT2D eigenvalue weighted by Crippen LogP contribution is -1.59. The van der Waals surface area contributed by atoms with Crippen molar-refractivity contribution in [3.05, 3.63) is 0 Å². The maximum atomic E-state index is 2.46. The molecule has 0 aliphatic rings. The monoisotopic (exact) mass is 815 g/mol. The summed E-state index contributed by atoms with van der Waals surface area (Å²) >= 11 is 14.7. The van der Waals surface area contributed by atoms with Gasteiger partial charge in [0.15, 0.2) is 0 Å². The van der Waals surface area contributed by atoms with Crippen molar-refractivity contribution in [1.29, 1.82) is 0 Å². The Morgan fingerprint density at radius 3 is 0.500 bits per heavy atom. The highest BCUT2D eigenvalue weighted by atomic mass is 127. The van der Waals surface area contributed by atoms with E-state index in [1.54, 1.807) is 0 Å². The summed E-state index contributed by atoms with van der Waals surface area (Å²) in [4.78, 5) is 0. The molecule has 0 bridgehead atoms. The molecule has 0 aromatic rings. The van der Waals surface area contributed by atoms with Gasteiger partial charge in [0.25, 0.3) is 0 Å². The van der Waals surface area contributed by atoms with Gasteiger partial charge in [-0.15, -0.1) is 0 Å². The molecule has 8 heteroatoms. The van der Waals surface area contributed by atoms with Gasteiger partial charge in [-0.05, 0) is 0 Å². The molecule has 8 heavy (non-hydrogen) atoms. The van der Waals surface area contributed by atoms with Gasteiger partial charge in [-0.1, -0.05) is 0 Å². The highest BCUT2D eigenvalue weighted by Crippen LogP contribution is 2.10. The standard InChI is InChI=1S/2Al.6HI/h;;6*1H/q2*+3;;;;;;/p-6. The number of hydrogen-bond acceptors (Lipinski definition) is 0. The smallest absolute Gasteiger partial charge is 0.175 e. The largest absolute Gasteiger partial charge is 0.524 e. The van der Waals surface area contributed by atoms with E-state index in [0.717, 1.165) is 0 Å². The zero-order chi connectivity index (χ0) is 7.15. The van der Waals surface area contributed by atoms with Gasteiger partial charge >= 0.3 is 8.60 Å². The van der Waals surface area contributed by atoms with Gasteiger partial charge in [-0.3, -0.25) is 0 Å². The van der Waals surface area contributed by atoms with Crippen LogP contribution in [0.25, 0.3) is 0 Å². The second kappa shape index (κ2) is 12.4. The summed E-state index contributed by atoms with van der Waals surface area (Å²) in [6.45, 7) is 0. The van der Waals surface area contributed by atoms with E-state index in [9.17, 15) is 0 Å². The lowest BCUT2D eigenvalue weighted by atomic mass is 27.0. The third-order valence-corrected chi connectivity index (χ3v) is 0. The molecule has 0 radical (unpaired) electrons. The summed E-state index contributed by atoms with van der Waals surface area (Å²) in [6.07, 6.45) is 0. The summed E-state index contributed by atoms with van der Waals surface area (Å²) in [5.41, 5.74) is 0. The van der Waals surface area contributed by atoms with E-state index in [-0.39, 0.29) is 8.60 Å². The molecule has 0 atom stereocenters. The van der Waals surface area contributed by atoms with Crippen LogP contribution in [0.3, 0.4) is 0 Å². The van der Waals surface area contributed by atoms with Crippen molar-refractivity contribution < 1.29 is 0 Å². The van der Waals surface area contributed by atoms with Crippen molar-refractivity contribution >= 4 is 130 Å². The van der Waals surface area contributed by atoms with E-state index in [0.29, 0.717) is 0 Å². The molecule has 48 valence electrons. The van der Waals surface area contributed by atoms with E-state index >= 15 is 0 Å². The lowest BCUT2D eigenvalue weighted by Gasteiger charge is -1.59. The first-order valence-electron chi connectivity index (χ1n) is 1.31. The van der Waals surface area contributed by atoms with Crippen molar-refractivity contribution in [2.45, 2.75) is 0 Å². The lowest BCUT2D eigenvalue weighted by molar-refractivity contribution is 5.41. The van der Waals surface area contributed by atoms with E-state index in [4.69, 9.17) is 0 Å². The average Bonchev–Trinajstić information content (AvgIpc) is 1.25. The summed E-state index contributed by atoms with van der Waals surface area (Å²) in [5, 5.41) is 0. The van der Waals surface area contributed by atoms with Crippen LogP contribution in [-0.2, 0) is 0 Å². The van der Waals surface area contributed by atoms with E-state index in [1.807, 2.05) is 0 Å². The van der Waals surface area contributed by atoms with Gasteiger partial charge in [0, 0.05) is 0 Å². The third kappa shape index (κ3) is 42.1. The van der Waals surface area contributed by atoms with E-state index in [1.165, 1.54) is 0 Å². The quantitative estimate of drug-likeness (QED) is 0.249.